The third-order valence-corrected chi connectivity index (χ3v) is 3.37. The molecule has 2 N–H and O–H groups in total. The fraction of sp³-hybridized carbons (Fsp3) is 0.692. The van der Waals surface area contributed by atoms with Crippen LogP contribution in [0.4, 0.5) is 0 Å². The van der Waals surface area contributed by atoms with Gasteiger partial charge in [0.15, 0.2) is 0 Å². The summed E-state index contributed by atoms with van der Waals surface area (Å²) >= 11 is 0. The minimum Gasteiger partial charge on any atom is -0.346 e. The van der Waals surface area contributed by atoms with Gasteiger partial charge in [-0.15, -0.1) is 0 Å². The van der Waals surface area contributed by atoms with E-state index in [1.807, 2.05) is 0 Å². The van der Waals surface area contributed by atoms with Crippen molar-refractivity contribution in [3.05, 3.63) is 23.0 Å². The Balaban J connectivity index is 2.14. The fourth-order valence-electron chi connectivity index (χ4n) is 2.38. The lowest BCUT2D eigenvalue weighted by molar-refractivity contribution is 0.656. The molecule has 84 valence electrons. The molecule has 2 heteroatoms. The number of aryl methyl sites for hydroxylation is 2. The van der Waals surface area contributed by atoms with Crippen LogP contribution in [0.1, 0.15) is 49.2 Å². The summed E-state index contributed by atoms with van der Waals surface area (Å²) in [5.74, 6) is 0. The first-order valence-electron chi connectivity index (χ1n) is 6.02. The lowest BCUT2D eigenvalue weighted by Crippen LogP contribution is -2.15. The molecule has 1 heterocycles. The number of aromatic nitrogens is 1. The molecule has 0 aromatic carbocycles. The molecule has 0 radical (unpaired) electrons. The molecule has 1 unspecified atom stereocenters. The van der Waals surface area contributed by atoms with E-state index in [-0.39, 0.29) is 0 Å². The zero-order chi connectivity index (χ0) is 11.0. The lowest BCUT2D eigenvalue weighted by Gasteiger charge is -2.08. The maximum atomic E-state index is 5.80. The van der Waals surface area contributed by atoms with Gasteiger partial charge in [-0.25, -0.2) is 0 Å². The quantitative estimate of drug-likeness (QED) is 0.807. The maximum Gasteiger partial charge on any atom is 0.0337 e. The van der Waals surface area contributed by atoms with E-state index in [1.165, 1.54) is 29.8 Å². The Morgan fingerprint density at radius 3 is 2.67 bits per heavy atom. The van der Waals surface area contributed by atoms with Gasteiger partial charge in [0.25, 0.3) is 0 Å². The van der Waals surface area contributed by atoms with Crippen LogP contribution in [-0.4, -0.2) is 10.6 Å². The minimum atomic E-state index is 0.314. The number of hydrogen-bond acceptors (Lipinski definition) is 1. The van der Waals surface area contributed by atoms with Crippen molar-refractivity contribution in [2.24, 2.45) is 5.73 Å². The molecule has 1 fully saturated rings. The van der Waals surface area contributed by atoms with Gasteiger partial charge in [-0.1, -0.05) is 0 Å². The molecule has 15 heavy (non-hydrogen) atoms. The first kappa shape index (κ1) is 10.7. The van der Waals surface area contributed by atoms with Gasteiger partial charge in [0.2, 0.25) is 0 Å². The van der Waals surface area contributed by atoms with Gasteiger partial charge in [0.05, 0.1) is 0 Å². The van der Waals surface area contributed by atoms with Crippen LogP contribution in [0.3, 0.4) is 0 Å². The third kappa shape index (κ3) is 2.25. The molecule has 0 spiro atoms. The Morgan fingerprint density at radius 2 is 2.13 bits per heavy atom. The van der Waals surface area contributed by atoms with Gasteiger partial charge < -0.3 is 10.3 Å². The average molecular weight is 206 g/mol. The van der Waals surface area contributed by atoms with Gasteiger partial charge in [-0.3, -0.25) is 0 Å². The summed E-state index contributed by atoms with van der Waals surface area (Å²) in [6.07, 6.45) is 4.95. The van der Waals surface area contributed by atoms with E-state index in [2.05, 4.69) is 31.4 Å². The SMILES string of the molecule is Cc1cc(CCC(C)N)c(C)n1C1CC1. The summed E-state index contributed by atoms with van der Waals surface area (Å²) in [6.45, 7) is 6.56. The van der Waals surface area contributed by atoms with Gasteiger partial charge in [-0.2, -0.15) is 0 Å². The van der Waals surface area contributed by atoms with Crippen molar-refractivity contribution >= 4 is 0 Å². The van der Waals surface area contributed by atoms with Gasteiger partial charge >= 0.3 is 0 Å². The second-order valence-corrected chi connectivity index (χ2v) is 5.01. The van der Waals surface area contributed by atoms with Gasteiger partial charge in [0.1, 0.15) is 0 Å². The topological polar surface area (TPSA) is 30.9 Å². The highest BCUT2D eigenvalue weighted by atomic mass is 15.1. The molecule has 0 saturated heterocycles. The molecular weight excluding hydrogens is 184 g/mol. The normalized spacial score (nSPS) is 18.1. The Labute approximate surface area is 92.5 Å². The molecule has 1 aliphatic carbocycles. The minimum absolute atomic E-state index is 0.314. The summed E-state index contributed by atoms with van der Waals surface area (Å²) in [4.78, 5) is 0. The number of nitrogens with zero attached hydrogens (tertiary/aromatic N) is 1. The molecule has 1 aromatic rings. The Morgan fingerprint density at radius 1 is 1.47 bits per heavy atom. The van der Waals surface area contributed by atoms with Crippen molar-refractivity contribution < 1.29 is 0 Å². The van der Waals surface area contributed by atoms with Crippen LogP contribution >= 0.6 is 0 Å². The van der Waals surface area contributed by atoms with E-state index in [9.17, 15) is 0 Å². The van der Waals surface area contributed by atoms with E-state index >= 15 is 0 Å². The Hall–Kier alpha value is -0.760. The van der Waals surface area contributed by atoms with Crippen LogP contribution < -0.4 is 5.73 Å². The monoisotopic (exact) mass is 206 g/mol. The molecule has 0 amide bonds. The highest BCUT2D eigenvalue weighted by Crippen LogP contribution is 2.38. The van der Waals surface area contributed by atoms with E-state index < -0.39 is 0 Å². The first-order chi connectivity index (χ1) is 7.09. The van der Waals surface area contributed by atoms with E-state index in [0.717, 1.165) is 18.9 Å². The van der Waals surface area contributed by atoms with E-state index in [0.29, 0.717) is 6.04 Å². The summed E-state index contributed by atoms with van der Waals surface area (Å²) in [5.41, 5.74) is 10.2. The largest absolute Gasteiger partial charge is 0.346 e. The van der Waals surface area contributed by atoms with Crippen molar-refractivity contribution in [3.8, 4) is 0 Å². The molecule has 1 atom stereocenters. The van der Waals surface area contributed by atoms with Crippen LogP contribution in [-0.2, 0) is 6.42 Å². The average Bonchev–Trinajstić information content (AvgIpc) is 2.92. The van der Waals surface area contributed by atoms with Crippen LogP contribution in [0.5, 0.6) is 0 Å². The maximum absolute atomic E-state index is 5.80. The van der Waals surface area contributed by atoms with E-state index in [1.54, 1.807) is 0 Å². The smallest absolute Gasteiger partial charge is 0.0337 e. The van der Waals surface area contributed by atoms with Crippen molar-refractivity contribution in [2.75, 3.05) is 0 Å². The molecule has 0 bridgehead atoms. The van der Waals surface area contributed by atoms with Crippen molar-refractivity contribution in [2.45, 2.75) is 58.5 Å². The number of rotatable bonds is 4. The number of nitrogens with two attached hydrogens (primary N) is 1. The van der Waals surface area contributed by atoms with Gasteiger partial charge in [0, 0.05) is 23.5 Å². The molecule has 1 aromatic heterocycles. The number of hydrogen-bond donors (Lipinski definition) is 1. The van der Waals surface area contributed by atoms with Crippen LogP contribution in [0, 0.1) is 13.8 Å². The van der Waals surface area contributed by atoms with E-state index in [4.69, 9.17) is 5.73 Å². The Kier molecular flexibility index (Phi) is 2.87. The van der Waals surface area contributed by atoms with Crippen molar-refractivity contribution in [1.82, 2.24) is 4.57 Å². The molecule has 2 nitrogen and oxygen atoms in total. The first-order valence-corrected chi connectivity index (χ1v) is 6.02. The summed E-state index contributed by atoms with van der Waals surface area (Å²) in [6, 6.07) is 3.46. The van der Waals surface area contributed by atoms with Crippen molar-refractivity contribution in [1.29, 1.82) is 0 Å². The third-order valence-electron chi connectivity index (χ3n) is 3.37. The van der Waals surface area contributed by atoms with Gasteiger partial charge in [-0.05, 0) is 58.1 Å². The van der Waals surface area contributed by atoms with Crippen molar-refractivity contribution in [3.63, 3.8) is 0 Å². The lowest BCUT2D eigenvalue weighted by atomic mass is 10.1. The molecule has 0 aliphatic heterocycles. The predicted octanol–water partition coefficient (Wildman–Crippen LogP) is 2.72. The molecule has 2 rings (SSSR count). The van der Waals surface area contributed by atoms with Crippen LogP contribution in [0.15, 0.2) is 6.07 Å². The zero-order valence-electron chi connectivity index (χ0n) is 10.1. The summed E-state index contributed by atoms with van der Waals surface area (Å²) in [7, 11) is 0. The second-order valence-electron chi connectivity index (χ2n) is 5.01. The Bertz CT molecular complexity index is 346. The van der Waals surface area contributed by atoms with Crippen LogP contribution in [0.2, 0.25) is 0 Å². The van der Waals surface area contributed by atoms with Crippen LogP contribution in [0.25, 0.3) is 0 Å². The zero-order valence-corrected chi connectivity index (χ0v) is 10.1. The fourth-order valence-corrected chi connectivity index (χ4v) is 2.38. The summed E-state index contributed by atoms with van der Waals surface area (Å²) < 4.78 is 2.51. The standard InChI is InChI=1S/C13H22N2/c1-9(14)4-5-12-8-10(2)15(11(12)3)13-6-7-13/h8-9,13H,4-7,14H2,1-3H3. The molecule has 1 aliphatic rings. The highest BCUT2D eigenvalue weighted by Gasteiger charge is 2.26. The molecular formula is C13H22N2. The molecule has 1 saturated carbocycles. The second kappa shape index (κ2) is 4.01. The highest BCUT2D eigenvalue weighted by molar-refractivity contribution is 5.28. The summed E-state index contributed by atoms with van der Waals surface area (Å²) in [5, 5.41) is 0. The predicted molar refractivity (Wildman–Crippen MR) is 64.1 cm³/mol.